The molecule has 88 valence electrons. The molecule has 2 atom stereocenters. The van der Waals surface area contributed by atoms with Crippen molar-refractivity contribution in [2.45, 2.75) is 32.2 Å². The minimum absolute atomic E-state index is 0.614. The predicted molar refractivity (Wildman–Crippen MR) is 69.0 cm³/mol. The highest BCUT2D eigenvalue weighted by Crippen LogP contribution is 2.31. The zero-order valence-corrected chi connectivity index (χ0v) is 10.4. The molecule has 1 aromatic heterocycles. The Balaban J connectivity index is 2.14. The molecule has 1 fully saturated rings. The maximum Gasteiger partial charge on any atom is 0.0766 e. The Kier molecular flexibility index (Phi) is 3.32. The van der Waals surface area contributed by atoms with Crippen LogP contribution in [0.2, 0.25) is 0 Å². The number of hydrogen-bond acceptors (Lipinski definition) is 3. The largest absolute Gasteiger partial charge is 0.379 e. The van der Waals surface area contributed by atoms with Crippen molar-refractivity contribution in [2.75, 3.05) is 24.3 Å². The van der Waals surface area contributed by atoms with Crippen LogP contribution in [0, 0.1) is 5.92 Å². The topological polar surface area (TPSA) is 28.2 Å². The third kappa shape index (κ3) is 2.29. The van der Waals surface area contributed by atoms with Crippen LogP contribution in [-0.4, -0.2) is 25.1 Å². The molecular weight excluding hydrogens is 198 g/mol. The van der Waals surface area contributed by atoms with Crippen molar-refractivity contribution in [1.82, 2.24) is 4.98 Å². The van der Waals surface area contributed by atoms with Gasteiger partial charge in [-0.05, 0) is 24.8 Å². The van der Waals surface area contributed by atoms with Gasteiger partial charge in [0.25, 0.3) is 0 Å². The summed E-state index contributed by atoms with van der Waals surface area (Å²) in [5, 5.41) is 3.64. The van der Waals surface area contributed by atoms with Gasteiger partial charge in [-0.2, -0.15) is 0 Å². The molecule has 3 nitrogen and oxygen atoms in total. The fourth-order valence-electron chi connectivity index (χ4n) is 2.45. The number of aromatic nitrogens is 1. The maximum atomic E-state index is 4.21. The highest BCUT2D eigenvalue weighted by molar-refractivity contribution is 5.68. The summed E-state index contributed by atoms with van der Waals surface area (Å²) in [6.07, 6.45) is 7.74. The first-order valence-corrected chi connectivity index (χ1v) is 6.06. The number of hydrogen-bond donors (Lipinski definition) is 1. The standard InChI is InChI=1S/C13H21N3/c1-10-5-4-6-11(10)15-12-9-14-8-7-13(12)16(2)3/h7-11,15H,4-6H2,1-3H3. The van der Waals surface area contributed by atoms with E-state index < -0.39 is 0 Å². The molecule has 0 radical (unpaired) electrons. The van der Waals surface area contributed by atoms with Crippen molar-refractivity contribution in [1.29, 1.82) is 0 Å². The van der Waals surface area contributed by atoms with Crippen LogP contribution in [0.3, 0.4) is 0 Å². The van der Waals surface area contributed by atoms with Crippen LogP contribution in [0.25, 0.3) is 0 Å². The second-order valence-electron chi connectivity index (χ2n) is 4.95. The molecule has 0 saturated heterocycles. The quantitative estimate of drug-likeness (QED) is 0.847. The third-order valence-electron chi connectivity index (χ3n) is 3.48. The van der Waals surface area contributed by atoms with Crippen LogP contribution in [0.1, 0.15) is 26.2 Å². The molecule has 3 heteroatoms. The van der Waals surface area contributed by atoms with Gasteiger partial charge in [0.15, 0.2) is 0 Å². The predicted octanol–water partition coefficient (Wildman–Crippen LogP) is 2.75. The van der Waals surface area contributed by atoms with E-state index in [2.05, 4.69) is 42.3 Å². The van der Waals surface area contributed by atoms with E-state index >= 15 is 0 Å². The lowest BCUT2D eigenvalue weighted by molar-refractivity contribution is 0.556. The molecule has 16 heavy (non-hydrogen) atoms. The number of pyridine rings is 1. The molecular formula is C13H21N3. The van der Waals surface area contributed by atoms with E-state index in [1.165, 1.54) is 24.9 Å². The Morgan fingerprint density at radius 1 is 1.38 bits per heavy atom. The monoisotopic (exact) mass is 219 g/mol. The van der Waals surface area contributed by atoms with Crippen molar-refractivity contribution in [3.05, 3.63) is 18.5 Å². The second kappa shape index (κ2) is 4.73. The third-order valence-corrected chi connectivity index (χ3v) is 3.48. The van der Waals surface area contributed by atoms with Gasteiger partial charge < -0.3 is 10.2 Å². The number of anilines is 2. The van der Waals surface area contributed by atoms with Gasteiger partial charge in [0.1, 0.15) is 0 Å². The minimum Gasteiger partial charge on any atom is -0.379 e. The fourth-order valence-corrected chi connectivity index (χ4v) is 2.45. The molecule has 2 unspecified atom stereocenters. The summed E-state index contributed by atoms with van der Waals surface area (Å²) in [7, 11) is 4.14. The van der Waals surface area contributed by atoms with Gasteiger partial charge in [0.05, 0.1) is 17.6 Å². The van der Waals surface area contributed by atoms with Gasteiger partial charge in [0, 0.05) is 26.3 Å². The van der Waals surface area contributed by atoms with Crippen LogP contribution < -0.4 is 10.2 Å². The summed E-state index contributed by atoms with van der Waals surface area (Å²) in [6.45, 7) is 2.33. The fraction of sp³-hybridized carbons (Fsp3) is 0.615. The summed E-state index contributed by atoms with van der Waals surface area (Å²) in [5.41, 5.74) is 2.38. The van der Waals surface area contributed by atoms with Gasteiger partial charge >= 0.3 is 0 Å². The molecule has 0 bridgehead atoms. The SMILES string of the molecule is CC1CCCC1Nc1cnccc1N(C)C. The lowest BCUT2D eigenvalue weighted by Gasteiger charge is -2.23. The van der Waals surface area contributed by atoms with Crippen LogP contribution in [0.4, 0.5) is 11.4 Å². The summed E-state index contributed by atoms with van der Waals surface area (Å²) < 4.78 is 0. The van der Waals surface area contributed by atoms with Crippen molar-refractivity contribution in [3.8, 4) is 0 Å². The molecule has 0 aromatic carbocycles. The van der Waals surface area contributed by atoms with Crippen molar-refractivity contribution >= 4 is 11.4 Å². The second-order valence-corrected chi connectivity index (χ2v) is 4.95. The number of nitrogens with one attached hydrogen (secondary N) is 1. The molecule has 0 amide bonds. The van der Waals surface area contributed by atoms with Gasteiger partial charge in [0.2, 0.25) is 0 Å². The molecule has 1 aliphatic carbocycles. The maximum absolute atomic E-state index is 4.21. The Morgan fingerprint density at radius 2 is 2.19 bits per heavy atom. The van der Waals surface area contributed by atoms with E-state index in [0.29, 0.717) is 6.04 Å². The first-order chi connectivity index (χ1) is 7.68. The molecule has 1 saturated carbocycles. The lowest BCUT2D eigenvalue weighted by atomic mass is 10.1. The van der Waals surface area contributed by atoms with E-state index in [0.717, 1.165) is 11.6 Å². The van der Waals surface area contributed by atoms with Crippen LogP contribution >= 0.6 is 0 Å². The first kappa shape index (κ1) is 11.2. The highest BCUT2D eigenvalue weighted by Gasteiger charge is 2.23. The average Bonchev–Trinajstić information content (AvgIpc) is 2.65. The van der Waals surface area contributed by atoms with Crippen LogP contribution in [0.5, 0.6) is 0 Å². The molecule has 2 rings (SSSR count). The average molecular weight is 219 g/mol. The Hall–Kier alpha value is -1.25. The minimum atomic E-state index is 0.614. The molecule has 0 spiro atoms. The van der Waals surface area contributed by atoms with E-state index in [1.807, 2.05) is 12.4 Å². The number of nitrogens with zero attached hydrogens (tertiary/aromatic N) is 2. The van der Waals surface area contributed by atoms with E-state index in [9.17, 15) is 0 Å². The van der Waals surface area contributed by atoms with Crippen molar-refractivity contribution in [2.24, 2.45) is 5.92 Å². The summed E-state index contributed by atoms with van der Waals surface area (Å²) in [4.78, 5) is 6.33. The van der Waals surface area contributed by atoms with E-state index in [4.69, 9.17) is 0 Å². The normalized spacial score (nSPS) is 24.4. The number of rotatable bonds is 3. The van der Waals surface area contributed by atoms with Crippen LogP contribution in [-0.2, 0) is 0 Å². The molecule has 0 aliphatic heterocycles. The molecule has 1 N–H and O–H groups in total. The first-order valence-electron chi connectivity index (χ1n) is 6.06. The molecule has 1 aromatic rings. The van der Waals surface area contributed by atoms with Crippen LogP contribution in [0.15, 0.2) is 18.5 Å². The van der Waals surface area contributed by atoms with E-state index in [1.54, 1.807) is 0 Å². The summed E-state index contributed by atoms with van der Waals surface area (Å²) in [5.74, 6) is 0.773. The Bertz CT molecular complexity index is 349. The van der Waals surface area contributed by atoms with Gasteiger partial charge in [-0.3, -0.25) is 4.98 Å². The Morgan fingerprint density at radius 3 is 2.81 bits per heavy atom. The molecule has 1 heterocycles. The zero-order chi connectivity index (χ0) is 11.5. The highest BCUT2D eigenvalue weighted by atomic mass is 15.1. The van der Waals surface area contributed by atoms with Crippen molar-refractivity contribution in [3.63, 3.8) is 0 Å². The summed E-state index contributed by atoms with van der Waals surface area (Å²) >= 11 is 0. The van der Waals surface area contributed by atoms with Gasteiger partial charge in [-0.25, -0.2) is 0 Å². The Labute approximate surface area is 97.9 Å². The van der Waals surface area contributed by atoms with E-state index in [-0.39, 0.29) is 0 Å². The van der Waals surface area contributed by atoms with Gasteiger partial charge in [-0.1, -0.05) is 13.3 Å². The lowest BCUT2D eigenvalue weighted by Crippen LogP contribution is -2.23. The van der Waals surface area contributed by atoms with Gasteiger partial charge in [-0.15, -0.1) is 0 Å². The smallest absolute Gasteiger partial charge is 0.0766 e. The summed E-state index contributed by atoms with van der Waals surface area (Å²) in [6, 6.07) is 2.67. The van der Waals surface area contributed by atoms with Crippen molar-refractivity contribution < 1.29 is 0 Å². The zero-order valence-electron chi connectivity index (χ0n) is 10.4. The molecule has 1 aliphatic rings.